The molecule has 100 valence electrons. The molecule has 4 N–H and O–H groups in total. The number of hydrogen-bond acceptors (Lipinski definition) is 4. The molecular formula is C11H23N3O2S. The number of imide groups is 1. The second kappa shape index (κ2) is 9.30. The maximum absolute atomic E-state index is 11.3. The number of rotatable bonds is 7. The molecule has 1 unspecified atom stereocenters. The fourth-order valence-electron chi connectivity index (χ4n) is 0.967. The SMILES string of the molecule is CC(C)CCNC(=O)NC(=O)CSC(C)CN. The molecule has 3 amide bonds. The molecule has 0 bridgehead atoms. The molecule has 0 radical (unpaired) electrons. The van der Waals surface area contributed by atoms with E-state index in [2.05, 4.69) is 24.5 Å². The third-order valence-corrected chi connectivity index (χ3v) is 3.28. The standard InChI is InChI=1S/C11H23N3O2S/c1-8(2)4-5-13-11(16)14-10(15)7-17-9(3)6-12/h8-9H,4-7,12H2,1-3H3,(H2,13,14,15,16). The largest absolute Gasteiger partial charge is 0.338 e. The Hall–Kier alpha value is -0.750. The van der Waals surface area contributed by atoms with Crippen molar-refractivity contribution in [1.29, 1.82) is 0 Å². The molecule has 0 spiro atoms. The van der Waals surface area contributed by atoms with E-state index in [1.807, 2.05) is 6.92 Å². The molecule has 0 aromatic carbocycles. The van der Waals surface area contributed by atoms with E-state index in [4.69, 9.17) is 5.73 Å². The topological polar surface area (TPSA) is 84.2 Å². The first kappa shape index (κ1) is 16.2. The molecule has 1 atom stereocenters. The van der Waals surface area contributed by atoms with Crippen LogP contribution in [-0.2, 0) is 4.79 Å². The minimum atomic E-state index is -0.420. The number of hydrogen-bond donors (Lipinski definition) is 3. The molecule has 0 fully saturated rings. The Labute approximate surface area is 107 Å². The van der Waals surface area contributed by atoms with Crippen LogP contribution in [0.15, 0.2) is 0 Å². The van der Waals surface area contributed by atoms with Crippen molar-refractivity contribution >= 4 is 23.7 Å². The molecule has 0 aromatic rings. The Morgan fingerprint density at radius 3 is 2.47 bits per heavy atom. The van der Waals surface area contributed by atoms with Crippen molar-refractivity contribution in [1.82, 2.24) is 10.6 Å². The van der Waals surface area contributed by atoms with Crippen molar-refractivity contribution in [3.63, 3.8) is 0 Å². The molecule has 6 heteroatoms. The Kier molecular flexibility index (Phi) is 8.89. The first-order chi connectivity index (χ1) is 7.95. The Bertz CT molecular complexity index is 247. The lowest BCUT2D eigenvalue weighted by Crippen LogP contribution is -2.41. The second-order valence-electron chi connectivity index (χ2n) is 4.34. The monoisotopic (exact) mass is 261 g/mol. The maximum Gasteiger partial charge on any atom is 0.321 e. The average molecular weight is 261 g/mol. The van der Waals surface area contributed by atoms with Crippen molar-refractivity contribution in [3.05, 3.63) is 0 Å². The van der Waals surface area contributed by atoms with Crippen molar-refractivity contribution < 1.29 is 9.59 Å². The summed E-state index contributed by atoms with van der Waals surface area (Å²) >= 11 is 1.44. The summed E-state index contributed by atoms with van der Waals surface area (Å²) in [7, 11) is 0. The molecule has 0 aliphatic rings. The molecule has 5 nitrogen and oxygen atoms in total. The van der Waals surface area contributed by atoms with E-state index in [1.165, 1.54) is 11.8 Å². The van der Waals surface area contributed by atoms with E-state index in [0.717, 1.165) is 6.42 Å². The van der Waals surface area contributed by atoms with Crippen LogP contribution in [0, 0.1) is 5.92 Å². The van der Waals surface area contributed by atoms with Gasteiger partial charge in [0.2, 0.25) is 5.91 Å². The van der Waals surface area contributed by atoms with E-state index in [-0.39, 0.29) is 16.9 Å². The quantitative estimate of drug-likeness (QED) is 0.637. The summed E-state index contributed by atoms with van der Waals surface area (Å²) < 4.78 is 0. The highest BCUT2D eigenvalue weighted by Gasteiger charge is 2.09. The van der Waals surface area contributed by atoms with E-state index >= 15 is 0 Å². The Morgan fingerprint density at radius 1 is 1.29 bits per heavy atom. The zero-order valence-corrected chi connectivity index (χ0v) is 11.6. The number of urea groups is 1. The number of amides is 3. The highest BCUT2D eigenvalue weighted by atomic mass is 32.2. The lowest BCUT2D eigenvalue weighted by Gasteiger charge is -2.09. The average Bonchev–Trinajstić information content (AvgIpc) is 2.25. The van der Waals surface area contributed by atoms with E-state index < -0.39 is 6.03 Å². The van der Waals surface area contributed by atoms with Crippen molar-refractivity contribution in [2.45, 2.75) is 32.4 Å². The Balaban J connectivity index is 3.62. The highest BCUT2D eigenvalue weighted by Crippen LogP contribution is 2.07. The summed E-state index contributed by atoms with van der Waals surface area (Å²) in [6.45, 7) is 7.22. The van der Waals surface area contributed by atoms with Gasteiger partial charge < -0.3 is 11.1 Å². The summed E-state index contributed by atoms with van der Waals surface area (Å²) in [4.78, 5) is 22.6. The highest BCUT2D eigenvalue weighted by molar-refractivity contribution is 8.00. The smallest absolute Gasteiger partial charge is 0.321 e. The van der Waals surface area contributed by atoms with Gasteiger partial charge in [-0.1, -0.05) is 20.8 Å². The number of nitrogens with two attached hydrogens (primary N) is 1. The van der Waals surface area contributed by atoms with Gasteiger partial charge in [-0.15, -0.1) is 11.8 Å². The summed E-state index contributed by atoms with van der Waals surface area (Å²) in [5.74, 6) is 0.514. The lowest BCUT2D eigenvalue weighted by molar-refractivity contribution is -0.117. The summed E-state index contributed by atoms with van der Waals surface area (Å²) in [5.41, 5.74) is 5.42. The molecule has 17 heavy (non-hydrogen) atoms. The number of carbonyl (C=O) groups is 2. The van der Waals surface area contributed by atoms with Crippen LogP contribution in [0.25, 0.3) is 0 Å². The van der Waals surface area contributed by atoms with Gasteiger partial charge in [-0.25, -0.2) is 4.79 Å². The molecular weight excluding hydrogens is 238 g/mol. The van der Waals surface area contributed by atoms with Crippen LogP contribution < -0.4 is 16.4 Å². The predicted octanol–water partition coefficient (Wildman–Crippen LogP) is 0.939. The maximum atomic E-state index is 11.3. The lowest BCUT2D eigenvalue weighted by atomic mass is 10.1. The molecule has 0 saturated heterocycles. The molecule has 0 aliphatic heterocycles. The minimum absolute atomic E-state index is 0.227. The molecule has 0 aromatic heterocycles. The van der Waals surface area contributed by atoms with Crippen LogP contribution in [-0.4, -0.2) is 36.0 Å². The van der Waals surface area contributed by atoms with Gasteiger partial charge >= 0.3 is 6.03 Å². The molecule has 0 aliphatic carbocycles. The summed E-state index contributed by atoms with van der Waals surface area (Å²) in [5, 5.41) is 5.15. The van der Waals surface area contributed by atoms with Crippen molar-refractivity contribution in [3.8, 4) is 0 Å². The first-order valence-electron chi connectivity index (χ1n) is 5.85. The first-order valence-corrected chi connectivity index (χ1v) is 6.90. The fraction of sp³-hybridized carbons (Fsp3) is 0.818. The van der Waals surface area contributed by atoms with Gasteiger partial charge in [0.05, 0.1) is 5.75 Å². The van der Waals surface area contributed by atoms with Gasteiger partial charge in [0.15, 0.2) is 0 Å². The van der Waals surface area contributed by atoms with Gasteiger partial charge in [-0.2, -0.15) is 0 Å². The zero-order chi connectivity index (χ0) is 13.3. The van der Waals surface area contributed by atoms with Crippen LogP contribution in [0.3, 0.4) is 0 Å². The minimum Gasteiger partial charge on any atom is -0.338 e. The van der Waals surface area contributed by atoms with E-state index in [1.54, 1.807) is 0 Å². The van der Waals surface area contributed by atoms with Crippen LogP contribution >= 0.6 is 11.8 Å². The third kappa shape index (κ3) is 10.1. The van der Waals surface area contributed by atoms with Gasteiger partial charge in [-0.05, 0) is 12.3 Å². The number of carbonyl (C=O) groups excluding carboxylic acids is 2. The van der Waals surface area contributed by atoms with Crippen LogP contribution in [0.4, 0.5) is 4.79 Å². The number of nitrogens with one attached hydrogen (secondary N) is 2. The van der Waals surface area contributed by atoms with Gasteiger partial charge in [-0.3, -0.25) is 10.1 Å². The van der Waals surface area contributed by atoms with Crippen molar-refractivity contribution in [2.24, 2.45) is 11.7 Å². The molecule has 0 heterocycles. The van der Waals surface area contributed by atoms with E-state index in [0.29, 0.717) is 19.0 Å². The fourth-order valence-corrected chi connectivity index (χ4v) is 1.61. The summed E-state index contributed by atoms with van der Waals surface area (Å²) in [6.07, 6.45) is 0.903. The third-order valence-electron chi connectivity index (χ3n) is 2.09. The Morgan fingerprint density at radius 2 is 1.94 bits per heavy atom. The van der Waals surface area contributed by atoms with Gasteiger partial charge in [0.1, 0.15) is 0 Å². The van der Waals surface area contributed by atoms with Crippen LogP contribution in [0.1, 0.15) is 27.2 Å². The van der Waals surface area contributed by atoms with Gasteiger partial charge in [0.25, 0.3) is 0 Å². The van der Waals surface area contributed by atoms with Crippen LogP contribution in [0.2, 0.25) is 0 Å². The van der Waals surface area contributed by atoms with Crippen LogP contribution in [0.5, 0.6) is 0 Å². The van der Waals surface area contributed by atoms with Gasteiger partial charge in [0, 0.05) is 18.3 Å². The van der Waals surface area contributed by atoms with E-state index in [9.17, 15) is 9.59 Å². The summed E-state index contributed by atoms with van der Waals surface area (Å²) in [6, 6.07) is -0.420. The van der Waals surface area contributed by atoms with Crippen molar-refractivity contribution in [2.75, 3.05) is 18.8 Å². The zero-order valence-electron chi connectivity index (χ0n) is 10.8. The normalized spacial score (nSPS) is 12.3. The predicted molar refractivity (Wildman–Crippen MR) is 72.0 cm³/mol. The molecule has 0 saturated carbocycles. The second-order valence-corrected chi connectivity index (χ2v) is 5.77. The number of thioether (sulfide) groups is 1. The molecule has 0 rings (SSSR count).